The van der Waals surface area contributed by atoms with Crippen LogP contribution in [0.4, 0.5) is 10.1 Å². The zero-order valence-corrected chi connectivity index (χ0v) is 13.3. The van der Waals surface area contributed by atoms with Crippen LogP contribution >= 0.6 is 12.4 Å². The van der Waals surface area contributed by atoms with Gasteiger partial charge in [0.05, 0.1) is 11.8 Å². The maximum absolute atomic E-state index is 13.4. The summed E-state index contributed by atoms with van der Waals surface area (Å²) in [5.41, 5.74) is 5.77. The first kappa shape index (κ1) is 18.7. The first-order valence-electron chi connectivity index (χ1n) is 7.15. The number of halogens is 2. The van der Waals surface area contributed by atoms with Crippen molar-refractivity contribution in [3.63, 3.8) is 0 Å². The zero-order chi connectivity index (χ0) is 15.2. The van der Waals surface area contributed by atoms with Crippen molar-refractivity contribution in [3.8, 4) is 5.75 Å². The molecular formula is C15H22ClFN2O3. The molecule has 1 amide bonds. The number of nitrogens with one attached hydrogen (secondary N) is 1. The van der Waals surface area contributed by atoms with Gasteiger partial charge in [0.1, 0.15) is 18.2 Å². The molecule has 1 aromatic rings. The molecule has 124 valence electrons. The number of ether oxygens (including phenoxy) is 2. The molecule has 22 heavy (non-hydrogen) atoms. The van der Waals surface area contributed by atoms with Crippen LogP contribution in [0, 0.1) is 11.7 Å². The predicted octanol–water partition coefficient (Wildman–Crippen LogP) is 2.34. The normalized spacial score (nSPS) is 18.4. The van der Waals surface area contributed by atoms with Crippen molar-refractivity contribution in [3.05, 3.63) is 24.0 Å². The van der Waals surface area contributed by atoms with E-state index in [1.807, 2.05) is 0 Å². The van der Waals surface area contributed by atoms with E-state index in [2.05, 4.69) is 5.32 Å². The Morgan fingerprint density at radius 2 is 2.36 bits per heavy atom. The molecule has 2 unspecified atom stereocenters. The molecule has 7 heteroatoms. The fraction of sp³-hybridized carbons (Fsp3) is 0.533. The second-order valence-electron chi connectivity index (χ2n) is 5.21. The highest BCUT2D eigenvalue weighted by Gasteiger charge is 2.18. The molecular weight excluding hydrogens is 311 g/mol. The highest BCUT2D eigenvalue weighted by molar-refractivity contribution is 5.93. The van der Waals surface area contributed by atoms with Gasteiger partial charge in [-0.2, -0.15) is 0 Å². The number of benzene rings is 1. The van der Waals surface area contributed by atoms with E-state index in [1.54, 1.807) is 6.92 Å². The molecule has 0 spiro atoms. The predicted molar refractivity (Wildman–Crippen MR) is 85.0 cm³/mol. The van der Waals surface area contributed by atoms with Crippen LogP contribution in [0.5, 0.6) is 5.75 Å². The van der Waals surface area contributed by atoms with E-state index >= 15 is 0 Å². The topological polar surface area (TPSA) is 73.6 Å². The summed E-state index contributed by atoms with van der Waals surface area (Å²) in [4.78, 5) is 11.9. The molecule has 1 saturated heterocycles. The fourth-order valence-corrected chi connectivity index (χ4v) is 2.05. The number of anilines is 1. The first-order chi connectivity index (χ1) is 10.1. The maximum atomic E-state index is 13.4. The second-order valence-corrected chi connectivity index (χ2v) is 5.21. The Balaban J connectivity index is 0.00000242. The minimum atomic E-state index is -0.435. The molecule has 0 radical (unpaired) electrons. The molecule has 0 bridgehead atoms. The summed E-state index contributed by atoms with van der Waals surface area (Å²) in [7, 11) is 0. The smallest absolute Gasteiger partial charge is 0.228 e. The highest BCUT2D eigenvalue weighted by Crippen LogP contribution is 2.27. The molecule has 1 heterocycles. The van der Waals surface area contributed by atoms with Crippen molar-refractivity contribution in [2.75, 3.05) is 25.1 Å². The van der Waals surface area contributed by atoms with Crippen molar-refractivity contribution in [1.82, 2.24) is 0 Å². The maximum Gasteiger partial charge on any atom is 0.228 e. The lowest BCUT2D eigenvalue weighted by Gasteiger charge is -2.16. The Kier molecular flexibility index (Phi) is 7.58. The lowest BCUT2D eigenvalue weighted by Crippen LogP contribution is -2.27. The summed E-state index contributed by atoms with van der Waals surface area (Å²) in [5.74, 6) is -0.607. The van der Waals surface area contributed by atoms with Crippen LogP contribution in [0.3, 0.4) is 0 Å². The van der Waals surface area contributed by atoms with Gasteiger partial charge in [0.25, 0.3) is 0 Å². The van der Waals surface area contributed by atoms with Gasteiger partial charge in [-0.3, -0.25) is 4.79 Å². The third kappa shape index (κ3) is 5.12. The third-order valence-electron chi connectivity index (χ3n) is 3.45. The average molecular weight is 333 g/mol. The largest absolute Gasteiger partial charge is 0.489 e. The summed E-state index contributed by atoms with van der Waals surface area (Å²) >= 11 is 0. The fourth-order valence-electron chi connectivity index (χ4n) is 2.05. The lowest BCUT2D eigenvalue weighted by atomic mass is 10.1. The van der Waals surface area contributed by atoms with E-state index in [-0.39, 0.29) is 36.9 Å². The second kappa shape index (κ2) is 8.92. The minimum absolute atomic E-state index is 0. The Morgan fingerprint density at radius 3 is 3.00 bits per heavy atom. The Morgan fingerprint density at radius 1 is 1.59 bits per heavy atom. The molecule has 0 aromatic heterocycles. The van der Waals surface area contributed by atoms with E-state index in [0.29, 0.717) is 18.0 Å². The van der Waals surface area contributed by atoms with Gasteiger partial charge in [-0.1, -0.05) is 6.92 Å². The first-order valence-corrected chi connectivity index (χ1v) is 7.15. The summed E-state index contributed by atoms with van der Waals surface area (Å²) in [5, 5.41) is 2.65. The van der Waals surface area contributed by atoms with Gasteiger partial charge < -0.3 is 20.5 Å². The van der Waals surface area contributed by atoms with Crippen molar-refractivity contribution in [2.24, 2.45) is 11.7 Å². The number of carbonyl (C=O) groups excluding carboxylic acids is 1. The number of hydrogen-bond donors (Lipinski definition) is 2. The van der Waals surface area contributed by atoms with Gasteiger partial charge in [-0.25, -0.2) is 4.39 Å². The zero-order valence-electron chi connectivity index (χ0n) is 12.5. The van der Waals surface area contributed by atoms with Crippen LogP contribution < -0.4 is 15.8 Å². The van der Waals surface area contributed by atoms with Gasteiger partial charge in [-0.15, -0.1) is 12.4 Å². The number of hydrogen-bond acceptors (Lipinski definition) is 4. The molecule has 1 fully saturated rings. The van der Waals surface area contributed by atoms with Gasteiger partial charge >= 0.3 is 0 Å². The van der Waals surface area contributed by atoms with Crippen LogP contribution in [0.1, 0.15) is 19.8 Å². The van der Waals surface area contributed by atoms with E-state index in [0.717, 1.165) is 19.4 Å². The summed E-state index contributed by atoms with van der Waals surface area (Å²) in [6.45, 7) is 3.07. The Labute approximate surface area is 135 Å². The van der Waals surface area contributed by atoms with Crippen LogP contribution in [0.15, 0.2) is 18.2 Å². The Bertz CT molecular complexity index is 496. The monoisotopic (exact) mass is 332 g/mol. The molecule has 0 saturated carbocycles. The van der Waals surface area contributed by atoms with Crippen molar-refractivity contribution in [1.29, 1.82) is 0 Å². The van der Waals surface area contributed by atoms with Crippen LogP contribution in [-0.4, -0.2) is 31.8 Å². The van der Waals surface area contributed by atoms with Crippen molar-refractivity contribution >= 4 is 24.0 Å². The SMILES string of the molecule is CC(CN)C(=O)Nc1cc(F)ccc1OCC1CCCO1.Cl. The van der Waals surface area contributed by atoms with Gasteiger partial charge in [0.15, 0.2) is 0 Å². The third-order valence-corrected chi connectivity index (χ3v) is 3.45. The molecule has 2 atom stereocenters. The lowest BCUT2D eigenvalue weighted by molar-refractivity contribution is -0.119. The van der Waals surface area contributed by atoms with Crippen LogP contribution in [-0.2, 0) is 9.53 Å². The van der Waals surface area contributed by atoms with E-state index in [9.17, 15) is 9.18 Å². The number of amides is 1. The van der Waals surface area contributed by atoms with Crippen LogP contribution in [0.2, 0.25) is 0 Å². The van der Waals surface area contributed by atoms with Crippen molar-refractivity contribution < 1.29 is 18.7 Å². The minimum Gasteiger partial charge on any atom is -0.489 e. The Hall–Kier alpha value is -1.37. The van der Waals surface area contributed by atoms with Crippen LogP contribution in [0.25, 0.3) is 0 Å². The van der Waals surface area contributed by atoms with E-state index in [1.165, 1.54) is 18.2 Å². The average Bonchev–Trinajstić information content (AvgIpc) is 2.98. The molecule has 2 rings (SSSR count). The van der Waals surface area contributed by atoms with E-state index in [4.69, 9.17) is 15.2 Å². The molecule has 1 aromatic carbocycles. The quantitative estimate of drug-likeness (QED) is 0.838. The summed E-state index contributed by atoms with van der Waals surface area (Å²) in [6, 6.07) is 4.05. The number of nitrogens with two attached hydrogens (primary N) is 1. The molecule has 1 aliphatic rings. The molecule has 0 aliphatic carbocycles. The van der Waals surface area contributed by atoms with Gasteiger partial charge in [-0.05, 0) is 25.0 Å². The molecule has 5 nitrogen and oxygen atoms in total. The van der Waals surface area contributed by atoms with Gasteiger partial charge in [0, 0.05) is 25.1 Å². The molecule has 1 aliphatic heterocycles. The molecule has 3 N–H and O–H groups in total. The van der Waals surface area contributed by atoms with Crippen molar-refractivity contribution in [2.45, 2.75) is 25.9 Å². The number of carbonyl (C=O) groups is 1. The van der Waals surface area contributed by atoms with E-state index < -0.39 is 5.82 Å². The standard InChI is InChI=1S/C15H21FN2O3.ClH/c1-10(8-17)15(19)18-13-7-11(16)4-5-14(13)21-9-12-3-2-6-20-12;/h4-5,7,10,12H,2-3,6,8-9,17H2,1H3,(H,18,19);1H. The highest BCUT2D eigenvalue weighted by atomic mass is 35.5. The van der Waals surface area contributed by atoms with Gasteiger partial charge in [0.2, 0.25) is 5.91 Å². The number of rotatable bonds is 6. The summed E-state index contributed by atoms with van der Waals surface area (Å²) in [6.07, 6.45) is 2.03. The summed E-state index contributed by atoms with van der Waals surface area (Å²) < 4.78 is 24.5.